The molecule has 1 fully saturated rings. The van der Waals surface area contributed by atoms with E-state index in [2.05, 4.69) is 20.9 Å². The molecule has 1 aliphatic rings. The van der Waals surface area contributed by atoms with Crippen LogP contribution in [0, 0.1) is 0 Å². The Labute approximate surface area is 191 Å². The van der Waals surface area contributed by atoms with Crippen molar-refractivity contribution in [1.29, 1.82) is 0 Å². The minimum atomic E-state index is -0.234. The lowest BCUT2D eigenvalue weighted by Crippen LogP contribution is -2.30. The van der Waals surface area contributed by atoms with Gasteiger partial charge in [0.2, 0.25) is 0 Å². The molecule has 7 heteroatoms. The van der Waals surface area contributed by atoms with Crippen LogP contribution in [0.3, 0.4) is 0 Å². The van der Waals surface area contributed by atoms with Crippen LogP contribution in [0.1, 0.15) is 23.5 Å². The molecule has 3 heterocycles. The summed E-state index contributed by atoms with van der Waals surface area (Å²) in [6.45, 7) is 0. The second-order valence-corrected chi connectivity index (χ2v) is 7.87. The number of pyridine rings is 1. The zero-order valence-electron chi connectivity index (χ0n) is 17.4. The molecule has 6 nitrogen and oxygen atoms in total. The maximum Gasteiger partial charge on any atom is 0.174 e. The third-order valence-electron chi connectivity index (χ3n) is 5.67. The lowest BCUT2D eigenvalue weighted by Gasteiger charge is -2.29. The van der Waals surface area contributed by atoms with Gasteiger partial charge in [0.05, 0.1) is 24.5 Å². The fourth-order valence-corrected chi connectivity index (χ4v) is 4.53. The van der Waals surface area contributed by atoms with E-state index in [1.54, 1.807) is 25.4 Å². The van der Waals surface area contributed by atoms with E-state index in [1.807, 2.05) is 71.8 Å². The highest BCUT2D eigenvalue weighted by molar-refractivity contribution is 7.80. The Bertz CT molecular complexity index is 1240. The highest BCUT2D eigenvalue weighted by Crippen LogP contribution is 2.44. The second kappa shape index (κ2) is 8.36. The molecular formula is C25H22N4O2S. The first-order valence-corrected chi connectivity index (χ1v) is 10.7. The van der Waals surface area contributed by atoms with Crippen LogP contribution in [-0.4, -0.2) is 26.9 Å². The molecule has 0 bridgehead atoms. The molecule has 0 aliphatic carbocycles. The van der Waals surface area contributed by atoms with Crippen molar-refractivity contribution in [1.82, 2.24) is 14.9 Å². The zero-order chi connectivity index (χ0) is 22.1. The monoisotopic (exact) mass is 442 g/mol. The fraction of sp³-hybridized carbons (Fsp3) is 0.120. The van der Waals surface area contributed by atoms with Crippen molar-refractivity contribution in [3.8, 4) is 17.2 Å². The number of para-hydroxylation sites is 2. The van der Waals surface area contributed by atoms with Gasteiger partial charge in [0.25, 0.3) is 0 Å². The largest absolute Gasteiger partial charge is 0.506 e. The molecule has 5 rings (SSSR count). The van der Waals surface area contributed by atoms with E-state index in [0.29, 0.717) is 10.8 Å². The Hall–Kier alpha value is -3.84. The van der Waals surface area contributed by atoms with E-state index in [1.165, 1.54) is 0 Å². The van der Waals surface area contributed by atoms with Gasteiger partial charge in [-0.15, -0.1) is 0 Å². The number of aromatic nitrogens is 2. The van der Waals surface area contributed by atoms with Gasteiger partial charge in [0.1, 0.15) is 17.5 Å². The van der Waals surface area contributed by atoms with Crippen molar-refractivity contribution in [3.05, 3.63) is 103 Å². The van der Waals surface area contributed by atoms with Gasteiger partial charge < -0.3 is 24.6 Å². The van der Waals surface area contributed by atoms with Gasteiger partial charge in [0, 0.05) is 23.8 Å². The first-order valence-electron chi connectivity index (χ1n) is 10.3. The summed E-state index contributed by atoms with van der Waals surface area (Å²) in [5, 5.41) is 14.6. The summed E-state index contributed by atoms with van der Waals surface area (Å²) in [7, 11) is 1.66. The smallest absolute Gasteiger partial charge is 0.174 e. The summed E-state index contributed by atoms with van der Waals surface area (Å²) >= 11 is 5.75. The van der Waals surface area contributed by atoms with Crippen LogP contribution in [-0.2, 0) is 0 Å². The van der Waals surface area contributed by atoms with Crippen LogP contribution >= 0.6 is 12.2 Å². The van der Waals surface area contributed by atoms with E-state index in [0.717, 1.165) is 22.8 Å². The molecule has 1 aliphatic heterocycles. The molecule has 2 aromatic carbocycles. The van der Waals surface area contributed by atoms with Crippen molar-refractivity contribution in [2.45, 2.75) is 12.1 Å². The minimum Gasteiger partial charge on any atom is -0.506 e. The van der Waals surface area contributed by atoms with Gasteiger partial charge >= 0.3 is 0 Å². The molecule has 2 N–H and O–H groups in total. The normalized spacial score (nSPS) is 17.9. The molecule has 32 heavy (non-hydrogen) atoms. The third kappa shape index (κ3) is 3.46. The molecule has 0 saturated carbocycles. The molecular weight excluding hydrogens is 420 g/mol. The number of nitrogens with one attached hydrogen (secondary N) is 1. The van der Waals surface area contributed by atoms with Gasteiger partial charge in [-0.3, -0.25) is 4.98 Å². The first-order chi connectivity index (χ1) is 15.7. The molecule has 0 amide bonds. The Kier molecular flexibility index (Phi) is 5.25. The Morgan fingerprint density at radius 3 is 2.47 bits per heavy atom. The number of anilines is 1. The summed E-state index contributed by atoms with van der Waals surface area (Å²) in [6.07, 6.45) is 3.80. The van der Waals surface area contributed by atoms with Crippen molar-refractivity contribution in [2.24, 2.45) is 0 Å². The molecule has 1 saturated heterocycles. The number of aromatic hydroxyl groups is 1. The molecule has 0 spiro atoms. The summed E-state index contributed by atoms with van der Waals surface area (Å²) in [4.78, 5) is 6.57. The number of hydrogen-bond donors (Lipinski definition) is 2. The average Bonchev–Trinajstić information content (AvgIpc) is 3.44. The van der Waals surface area contributed by atoms with Crippen LogP contribution in [0.5, 0.6) is 11.5 Å². The maximum absolute atomic E-state index is 10.6. The van der Waals surface area contributed by atoms with Gasteiger partial charge in [-0.2, -0.15) is 0 Å². The fourth-order valence-electron chi connectivity index (χ4n) is 4.20. The van der Waals surface area contributed by atoms with Crippen molar-refractivity contribution in [3.63, 3.8) is 0 Å². The number of methoxy groups -OCH3 is 1. The lowest BCUT2D eigenvalue weighted by atomic mass is 10.0. The van der Waals surface area contributed by atoms with Crippen molar-refractivity contribution < 1.29 is 9.84 Å². The SMILES string of the molecule is COc1ccc(-n2cccc2[C@H]2[C@H](c3ccccn3)NC(=S)N2c2ccccc2O)cc1. The van der Waals surface area contributed by atoms with Gasteiger partial charge in [-0.25, -0.2) is 0 Å². The Balaban J connectivity index is 1.66. The van der Waals surface area contributed by atoms with E-state index in [9.17, 15) is 5.11 Å². The highest BCUT2D eigenvalue weighted by atomic mass is 32.1. The van der Waals surface area contributed by atoms with E-state index < -0.39 is 0 Å². The topological polar surface area (TPSA) is 62.5 Å². The number of rotatable bonds is 5. The number of hydrogen-bond acceptors (Lipinski definition) is 4. The first kappa shape index (κ1) is 20.1. The Morgan fingerprint density at radius 1 is 0.969 bits per heavy atom. The van der Waals surface area contributed by atoms with Crippen molar-refractivity contribution >= 4 is 23.0 Å². The molecule has 0 unspecified atom stereocenters. The van der Waals surface area contributed by atoms with E-state index in [4.69, 9.17) is 17.0 Å². The van der Waals surface area contributed by atoms with Gasteiger partial charge in [-0.1, -0.05) is 18.2 Å². The summed E-state index contributed by atoms with van der Waals surface area (Å²) < 4.78 is 7.44. The second-order valence-electron chi connectivity index (χ2n) is 7.49. The highest BCUT2D eigenvalue weighted by Gasteiger charge is 2.42. The van der Waals surface area contributed by atoms with Crippen LogP contribution < -0.4 is 15.0 Å². The quantitative estimate of drug-likeness (QED) is 0.435. The van der Waals surface area contributed by atoms with Gasteiger partial charge in [-0.05, 0) is 72.9 Å². The number of nitrogens with zero attached hydrogens (tertiary/aromatic N) is 3. The standard InChI is InChI=1S/C25H22N4O2S/c1-31-18-13-11-17(12-14-18)28-16-6-9-21(28)24-23(19-7-4-5-15-26-19)27-25(32)29(24)20-8-2-3-10-22(20)30/h2-16,23-24,30H,1H3,(H,27,32)/t23-,24-/m0/s1. The predicted octanol–water partition coefficient (Wildman–Crippen LogP) is 4.76. The molecule has 160 valence electrons. The zero-order valence-corrected chi connectivity index (χ0v) is 18.2. The van der Waals surface area contributed by atoms with Crippen LogP contribution in [0.15, 0.2) is 91.3 Å². The number of phenols is 1. The molecule has 2 aromatic heterocycles. The van der Waals surface area contributed by atoms with Crippen LogP contribution in [0.25, 0.3) is 5.69 Å². The number of phenolic OH excluding ortho intramolecular Hbond substituents is 1. The summed E-state index contributed by atoms with van der Waals surface area (Å²) in [6, 6.07) is 24.7. The average molecular weight is 443 g/mol. The van der Waals surface area contributed by atoms with E-state index >= 15 is 0 Å². The third-order valence-corrected chi connectivity index (χ3v) is 5.99. The van der Waals surface area contributed by atoms with Gasteiger partial charge in [0.15, 0.2) is 5.11 Å². The van der Waals surface area contributed by atoms with E-state index in [-0.39, 0.29) is 17.8 Å². The Morgan fingerprint density at radius 2 is 1.75 bits per heavy atom. The molecule has 2 atom stereocenters. The van der Waals surface area contributed by atoms with Crippen molar-refractivity contribution in [2.75, 3.05) is 12.0 Å². The molecule has 4 aromatic rings. The van der Waals surface area contributed by atoms with Crippen LogP contribution in [0.4, 0.5) is 5.69 Å². The number of ether oxygens (including phenoxy) is 1. The lowest BCUT2D eigenvalue weighted by molar-refractivity contribution is 0.414. The maximum atomic E-state index is 10.6. The van der Waals surface area contributed by atoms with Crippen LogP contribution in [0.2, 0.25) is 0 Å². The number of thiocarbonyl (C=S) groups is 1. The summed E-state index contributed by atoms with van der Waals surface area (Å²) in [5.41, 5.74) is 3.54. The number of benzene rings is 2. The summed E-state index contributed by atoms with van der Waals surface area (Å²) in [5.74, 6) is 0.972. The molecule has 0 radical (unpaired) electrons. The minimum absolute atomic E-state index is 0.172. The predicted molar refractivity (Wildman–Crippen MR) is 128 cm³/mol.